The highest BCUT2D eigenvalue weighted by Crippen LogP contribution is 2.21. The summed E-state index contributed by atoms with van der Waals surface area (Å²) in [4.78, 5) is 19.3. The quantitative estimate of drug-likeness (QED) is 0.640. The van der Waals surface area contributed by atoms with Crippen molar-refractivity contribution in [2.45, 2.75) is 25.8 Å². The summed E-state index contributed by atoms with van der Waals surface area (Å²) in [5, 5.41) is 0. The van der Waals surface area contributed by atoms with Gasteiger partial charge in [0, 0.05) is 0 Å². The van der Waals surface area contributed by atoms with Crippen molar-refractivity contribution in [3.63, 3.8) is 0 Å². The molecule has 5 heteroatoms. The van der Waals surface area contributed by atoms with E-state index in [1.807, 2.05) is 42.5 Å². The maximum Gasteiger partial charge on any atom is 0.310 e. The average molecular weight is 349 g/mol. The molecule has 3 aromatic rings. The number of H-pyrrole nitrogens is 1. The van der Waals surface area contributed by atoms with Crippen LogP contribution in [0, 0.1) is 0 Å². The van der Waals surface area contributed by atoms with Gasteiger partial charge in [0.2, 0.25) is 0 Å². The number of esters is 1. The van der Waals surface area contributed by atoms with Crippen LogP contribution in [0.3, 0.4) is 0 Å². The zero-order chi connectivity index (χ0) is 18.4. The first-order chi connectivity index (χ1) is 12.7. The van der Waals surface area contributed by atoms with Crippen LogP contribution in [0.4, 0.5) is 0 Å². The summed E-state index contributed by atoms with van der Waals surface area (Å²) in [6.07, 6.45) is 2.80. The number of ether oxygens (including phenoxy) is 1. The Balaban J connectivity index is 1.66. The minimum atomic E-state index is -0.212. The first kappa shape index (κ1) is 17.9. The van der Waals surface area contributed by atoms with Gasteiger partial charge in [-0.25, -0.2) is 4.98 Å². The lowest BCUT2D eigenvalue weighted by Crippen LogP contribution is -2.14. The van der Waals surface area contributed by atoms with Gasteiger partial charge in [0.25, 0.3) is 0 Å². The van der Waals surface area contributed by atoms with Gasteiger partial charge in [-0.3, -0.25) is 4.79 Å². The van der Waals surface area contributed by atoms with E-state index in [1.54, 1.807) is 13.1 Å². The lowest BCUT2D eigenvalue weighted by Gasteiger charge is -2.08. The standard InChI is InChI=1S/C21H23N3O2/c1-2-26-20(25)13-16-8-10-17(11-9-16)19-14-23-21(24-19)18(22)12-15-6-4-3-5-7-15/h3-11,14,18H,2,12-13,22H2,1H3,(H,23,24). The monoisotopic (exact) mass is 349 g/mol. The number of hydrogen-bond acceptors (Lipinski definition) is 4. The first-order valence-electron chi connectivity index (χ1n) is 8.75. The minimum absolute atomic E-state index is 0.186. The molecule has 0 aliphatic rings. The van der Waals surface area contributed by atoms with E-state index in [9.17, 15) is 4.79 Å². The van der Waals surface area contributed by atoms with Crippen molar-refractivity contribution in [2.24, 2.45) is 5.73 Å². The summed E-state index contributed by atoms with van der Waals surface area (Å²) in [7, 11) is 0. The third kappa shape index (κ3) is 4.58. The Bertz CT molecular complexity index is 841. The van der Waals surface area contributed by atoms with Crippen LogP contribution in [0.15, 0.2) is 60.8 Å². The van der Waals surface area contributed by atoms with Crippen molar-refractivity contribution >= 4 is 5.97 Å². The minimum Gasteiger partial charge on any atom is -0.466 e. The fourth-order valence-corrected chi connectivity index (χ4v) is 2.82. The normalized spacial score (nSPS) is 11.9. The summed E-state index contributed by atoms with van der Waals surface area (Å²) in [5.41, 5.74) is 10.3. The highest BCUT2D eigenvalue weighted by atomic mass is 16.5. The van der Waals surface area contributed by atoms with E-state index in [0.717, 1.165) is 29.1 Å². The van der Waals surface area contributed by atoms with Gasteiger partial charge in [-0.15, -0.1) is 0 Å². The van der Waals surface area contributed by atoms with Crippen LogP contribution in [0.1, 0.15) is 29.9 Å². The van der Waals surface area contributed by atoms with E-state index >= 15 is 0 Å². The number of imidazole rings is 1. The molecule has 1 heterocycles. The van der Waals surface area contributed by atoms with Gasteiger partial charge in [0.15, 0.2) is 0 Å². The Morgan fingerprint density at radius 1 is 1.12 bits per heavy atom. The summed E-state index contributed by atoms with van der Waals surface area (Å²) < 4.78 is 4.97. The van der Waals surface area contributed by atoms with Gasteiger partial charge in [-0.05, 0) is 30.0 Å². The number of aromatic nitrogens is 2. The topological polar surface area (TPSA) is 81.0 Å². The molecule has 1 aromatic heterocycles. The van der Waals surface area contributed by atoms with Crippen molar-refractivity contribution in [3.05, 3.63) is 77.7 Å². The summed E-state index contributed by atoms with van der Waals surface area (Å²) >= 11 is 0. The molecule has 0 aliphatic heterocycles. The third-order valence-corrected chi connectivity index (χ3v) is 4.16. The molecule has 1 atom stereocenters. The summed E-state index contributed by atoms with van der Waals surface area (Å²) in [6.45, 7) is 2.20. The number of rotatable bonds is 7. The molecule has 3 N–H and O–H groups in total. The lowest BCUT2D eigenvalue weighted by atomic mass is 10.1. The van der Waals surface area contributed by atoms with Crippen molar-refractivity contribution in [3.8, 4) is 11.3 Å². The van der Waals surface area contributed by atoms with Gasteiger partial charge in [-0.1, -0.05) is 54.6 Å². The maximum atomic E-state index is 11.5. The van der Waals surface area contributed by atoms with E-state index in [2.05, 4.69) is 22.1 Å². The van der Waals surface area contributed by atoms with Gasteiger partial charge in [0.1, 0.15) is 5.82 Å². The second-order valence-electron chi connectivity index (χ2n) is 6.16. The van der Waals surface area contributed by atoms with Crippen molar-refractivity contribution in [1.82, 2.24) is 9.97 Å². The van der Waals surface area contributed by atoms with Crippen LogP contribution in [-0.4, -0.2) is 22.5 Å². The molecule has 0 fully saturated rings. The molecular weight excluding hydrogens is 326 g/mol. The van der Waals surface area contributed by atoms with Gasteiger partial charge in [-0.2, -0.15) is 0 Å². The number of aromatic amines is 1. The molecule has 0 bridgehead atoms. The lowest BCUT2D eigenvalue weighted by molar-refractivity contribution is -0.142. The molecular formula is C21H23N3O2. The largest absolute Gasteiger partial charge is 0.466 e. The van der Waals surface area contributed by atoms with Crippen molar-refractivity contribution in [1.29, 1.82) is 0 Å². The molecule has 0 spiro atoms. The molecule has 134 valence electrons. The molecule has 1 unspecified atom stereocenters. The van der Waals surface area contributed by atoms with E-state index < -0.39 is 0 Å². The molecule has 5 nitrogen and oxygen atoms in total. The Morgan fingerprint density at radius 3 is 2.54 bits per heavy atom. The fraction of sp³-hybridized carbons (Fsp3) is 0.238. The van der Waals surface area contributed by atoms with Crippen LogP contribution >= 0.6 is 0 Å². The Labute approximate surface area is 153 Å². The zero-order valence-electron chi connectivity index (χ0n) is 14.8. The molecule has 26 heavy (non-hydrogen) atoms. The van der Waals surface area contributed by atoms with E-state index in [4.69, 9.17) is 10.5 Å². The number of nitrogens with zero attached hydrogens (tertiary/aromatic N) is 1. The van der Waals surface area contributed by atoms with Crippen LogP contribution in [-0.2, 0) is 22.4 Å². The number of benzene rings is 2. The highest BCUT2D eigenvalue weighted by molar-refractivity contribution is 5.73. The van der Waals surface area contributed by atoms with Gasteiger partial charge in [0.05, 0.1) is 31.0 Å². The molecule has 0 amide bonds. The second-order valence-corrected chi connectivity index (χ2v) is 6.16. The van der Waals surface area contributed by atoms with Crippen LogP contribution in [0.5, 0.6) is 0 Å². The molecule has 0 aliphatic carbocycles. The molecule has 0 radical (unpaired) electrons. The van der Waals surface area contributed by atoms with E-state index in [-0.39, 0.29) is 18.4 Å². The molecule has 0 saturated carbocycles. The third-order valence-electron chi connectivity index (χ3n) is 4.16. The number of nitrogens with one attached hydrogen (secondary N) is 1. The van der Waals surface area contributed by atoms with Gasteiger partial charge >= 0.3 is 5.97 Å². The van der Waals surface area contributed by atoms with Crippen molar-refractivity contribution < 1.29 is 9.53 Å². The predicted molar refractivity (Wildman–Crippen MR) is 101 cm³/mol. The molecule has 3 rings (SSSR count). The average Bonchev–Trinajstić information content (AvgIpc) is 3.14. The predicted octanol–water partition coefficient (Wildman–Crippen LogP) is 3.42. The van der Waals surface area contributed by atoms with Crippen LogP contribution < -0.4 is 5.73 Å². The van der Waals surface area contributed by atoms with Gasteiger partial charge < -0.3 is 15.5 Å². The van der Waals surface area contributed by atoms with E-state index in [1.165, 1.54) is 5.56 Å². The number of carbonyl (C=O) groups is 1. The Kier molecular flexibility index (Phi) is 5.81. The SMILES string of the molecule is CCOC(=O)Cc1ccc(-c2cnc(C(N)Cc3ccccc3)[nH]2)cc1. The Morgan fingerprint density at radius 2 is 1.85 bits per heavy atom. The fourth-order valence-electron chi connectivity index (χ4n) is 2.82. The van der Waals surface area contributed by atoms with Crippen LogP contribution in [0.2, 0.25) is 0 Å². The highest BCUT2D eigenvalue weighted by Gasteiger charge is 2.12. The Hall–Kier alpha value is -2.92. The van der Waals surface area contributed by atoms with Crippen molar-refractivity contribution in [2.75, 3.05) is 6.61 Å². The first-order valence-corrected chi connectivity index (χ1v) is 8.75. The second kappa shape index (κ2) is 8.45. The summed E-state index contributed by atoms with van der Waals surface area (Å²) in [5.74, 6) is 0.551. The number of nitrogens with two attached hydrogens (primary N) is 1. The number of hydrogen-bond donors (Lipinski definition) is 2. The summed E-state index contributed by atoms with van der Waals surface area (Å²) in [6, 6.07) is 17.7. The number of carbonyl (C=O) groups excluding carboxylic acids is 1. The maximum absolute atomic E-state index is 11.5. The molecule has 2 aromatic carbocycles. The zero-order valence-corrected chi connectivity index (χ0v) is 14.8. The van der Waals surface area contributed by atoms with E-state index in [0.29, 0.717) is 6.61 Å². The van der Waals surface area contributed by atoms with Crippen LogP contribution in [0.25, 0.3) is 11.3 Å². The smallest absolute Gasteiger partial charge is 0.310 e. The molecule has 0 saturated heterocycles.